The van der Waals surface area contributed by atoms with Crippen molar-refractivity contribution in [2.24, 2.45) is 0 Å². The number of benzene rings is 2. The van der Waals surface area contributed by atoms with Crippen LogP contribution in [-0.2, 0) is 13.0 Å². The fourth-order valence-electron chi connectivity index (χ4n) is 2.31. The summed E-state index contributed by atoms with van der Waals surface area (Å²) in [6, 6.07) is 16.0. The molecule has 3 rings (SSSR count). The molecule has 0 unspecified atom stereocenters. The van der Waals surface area contributed by atoms with Gasteiger partial charge in [0, 0.05) is 24.3 Å². The van der Waals surface area contributed by atoms with E-state index in [0.717, 1.165) is 29.4 Å². The van der Waals surface area contributed by atoms with Crippen molar-refractivity contribution in [1.29, 1.82) is 0 Å². The zero-order chi connectivity index (χ0) is 17.5. The Balaban J connectivity index is 1.50. The standard InChI is InChI=1S/C19H18ClFN4/c20-16-5-1-14(2-6-16)9-11-22-18-10-12-23-19(25-18)24-13-15-3-7-17(21)8-4-15/h1-8,10,12H,9,11,13H2,(H2,22,23,24,25). The minimum absolute atomic E-state index is 0.244. The SMILES string of the molecule is Fc1ccc(CNc2nccc(NCCc3ccc(Cl)cc3)n2)cc1. The van der Waals surface area contributed by atoms with Crippen molar-refractivity contribution in [3.05, 3.63) is 82.8 Å². The summed E-state index contributed by atoms with van der Waals surface area (Å²) in [5.74, 6) is 1.04. The number of nitrogens with one attached hydrogen (secondary N) is 2. The first-order valence-corrected chi connectivity index (χ1v) is 8.36. The zero-order valence-corrected chi connectivity index (χ0v) is 14.3. The van der Waals surface area contributed by atoms with Gasteiger partial charge in [0.25, 0.3) is 0 Å². The van der Waals surface area contributed by atoms with E-state index in [2.05, 4.69) is 20.6 Å². The predicted octanol–water partition coefficient (Wildman–Crippen LogP) is 4.54. The minimum atomic E-state index is -0.244. The molecule has 0 saturated heterocycles. The molecule has 0 aliphatic rings. The third-order valence-electron chi connectivity index (χ3n) is 3.65. The van der Waals surface area contributed by atoms with Crippen molar-refractivity contribution in [1.82, 2.24) is 9.97 Å². The molecule has 25 heavy (non-hydrogen) atoms. The van der Waals surface area contributed by atoms with Crippen LogP contribution in [0.15, 0.2) is 60.8 Å². The third kappa shape index (κ3) is 5.43. The average Bonchev–Trinajstić information content (AvgIpc) is 2.63. The molecule has 0 radical (unpaired) electrons. The van der Waals surface area contributed by atoms with Crippen LogP contribution in [0.5, 0.6) is 0 Å². The van der Waals surface area contributed by atoms with E-state index in [1.807, 2.05) is 30.3 Å². The van der Waals surface area contributed by atoms with Crippen LogP contribution in [0, 0.1) is 5.82 Å². The summed E-state index contributed by atoms with van der Waals surface area (Å²) in [5.41, 5.74) is 2.17. The van der Waals surface area contributed by atoms with Crippen LogP contribution in [0.1, 0.15) is 11.1 Å². The summed E-state index contributed by atoms with van der Waals surface area (Å²) in [5, 5.41) is 7.16. The maximum Gasteiger partial charge on any atom is 0.224 e. The molecule has 0 spiro atoms. The smallest absolute Gasteiger partial charge is 0.224 e. The monoisotopic (exact) mass is 356 g/mol. The number of rotatable bonds is 7. The molecule has 6 heteroatoms. The molecule has 0 saturated carbocycles. The van der Waals surface area contributed by atoms with E-state index in [9.17, 15) is 4.39 Å². The lowest BCUT2D eigenvalue weighted by atomic mass is 10.1. The van der Waals surface area contributed by atoms with E-state index >= 15 is 0 Å². The predicted molar refractivity (Wildman–Crippen MR) is 99.4 cm³/mol. The van der Waals surface area contributed by atoms with Crippen LogP contribution in [0.2, 0.25) is 5.02 Å². The molecule has 128 valence electrons. The van der Waals surface area contributed by atoms with Gasteiger partial charge >= 0.3 is 0 Å². The quantitative estimate of drug-likeness (QED) is 0.652. The van der Waals surface area contributed by atoms with Gasteiger partial charge in [-0.25, -0.2) is 9.37 Å². The van der Waals surface area contributed by atoms with Gasteiger partial charge < -0.3 is 10.6 Å². The number of nitrogens with zero attached hydrogens (tertiary/aromatic N) is 2. The van der Waals surface area contributed by atoms with Gasteiger partial charge in [0.05, 0.1) is 0 Å². The van der Waals surface area contributed by atoms with Crippen LogP contribution in [-0.4, -0.2) is 16.5 Å². The molecule has 0 fully saturated rings. The van der Waals surface area contributed by atoms with Gasteiger partial charge in [-0.15, -0.1) is 0 Å². The van der Waals surface area contributed by atoms with Crippen LogP contribution < -0.4 is 10.6 Å². The summed E-state index contributed by atoms with van der Waals surface area (Å²) in [4.78, 5) is 8.62. The summed E-state index contributed by atoms with van der Waals surface area (Å²) in [6.07, 6.45) is 2.57. The van der Waals surface area contributed by atoms with E-state index in [4.69, 9.17) is 11.6 Å². The highest BCUT2D eigenvalue weighted by Gasteiger charge is 2.00. The lowest BCUT2D eigenvalue weighted by Crippen LogP contribution is -2.09. The van der Waals surface area contributed by atoms with Gasteiger partial charge in [-0.05, 0) is 47.9 Å². The summed E-state index contributed by atoms with van der Waals surface area (Å²) in [7, 11) is 0. The molecule has 0 atom stereocenters. The highest BCUT2D eigenvalue weighted by atomic mass is 35.5. The summed E-state index contributed by atoms with van der Waals surface area (Å²) < 4.78 is 12.9. The lowest BCUT2D eigenvalue weighted by molar-refractivity contribution is 0.627. The van der Waals surface area contributed by atoms with Crippen molar-refractivity contribution >= 4 is 23.4 Å². The molecule has 2 N–H and O–H groups in total. The van der Waals surface area contributed by atoms with E-state index in [-0.39, 0.29) is 5.82 Å². The zero-order valence-electron chi connectivity index (χ0n) is 13.5. The highest BCUT2D eigenvalue weighted by molar-refractivity contribution is 6.30. The highest BCUT2D eigenvalue weighted by Crippen LogP contribution is 2.11. The van der Waals surface area contributed by atoms with Crippen molar-refractivity contribution in [3.63, 3.8) is 0 Å². The Bertz CT molecular complexity index is 806. The molecule has 3 aromatic rings. The fraction of sp³-hybridized carbons (Fsp3) is 0.158. The minimum Gasteiger partial charge on any atom is -0.370 e. The van der Waals surface area contributed by atoms with Gasteiger partial charge in [-0.1, -0.05) is 35.9 Å². The molecule has 0 aliphatic carbocycles. The second kappa shape index (κ2) is 8.44. The first kappa shape index (κ1) is 17.2. The normalized spacial score (nSPS) is 10.5. The number of aromatic nitrogens is 2. The Morgan fingerprint density at radius 3 is 2.36 bits per heavy atom. The topological polar surface area (TPSA) is 49.8 Å². The molecule has 4 nitrogen and oxygen atoms in total. The Morgan fingerprint density at radius 1 is 0.880 bits per heavy atom. The Hall–Kier alpha value is -2.66. The summed E-state index contributed by atoms with van der Waals surface area (Å²) in [6.45, 7) is 1.30. The molecule has 0 amide bonds. The molecule has 1 aromatic heterocycles. The number of hydrogen-bond acceptors (Lipinski definition) is 4. The van der Waals surface area contributed by atoms with Gasteiger partial charge in [0.15, 0.2) is 0 Å². The van der Waals surface area contributed by atoms with Crippen molar-refractivity contribution in [3.8, 4) is 0 Å². The fourth-order valence-corrected chi connectivity index (χ4v) is 2.44. The van der Waals surface area contributed by atoms with Crippen LogP contribution in [0.4, 0.5) is 16.2 Å². The molecule has 1 heterocycles. The summed E-state index contributed by atoms with van der Waals surface area (Å²) >= 11 is 5.88. The molecule has 0 aliphatic heterocycles. The van der Waals surface area contributed by atoms with E-state index < -0.39 is 0 Å². The largest absolute Gasteiger partial charge is 0.370 e. The Labute approximate surface area is 151 Å². The molecular weight excluding hydrogens is 339 g/mol. The number of hydrogen-bond donors (Lipinski definition) is 2. The average molecular weight is 357 g/mol. The molecule has 2 aromatic carbocycles. The first-order chi connectivity index (χ1) is 12.2. The van der Waals surface area contributed by atoms with Gasteiger partial charge in [0.1, 0.15) is 11.6 Å². The number of halogens is 2. The maximum atomic E-state index is 12.9. The molecule has 0 bridgehead atoms. The van der Waals surface area contributed by atoms with Gasteiger partial charge in [-0.2, -0.15) is 4.98 Å². The van der Waals surface area contributed by atoms with Crippen molar-refractivity contribution in [2.75, 3.05) is 17.2 Å². The Morgan fingerprint density at radius 2 is 1.60 bits per heavy atom. The van der Waals surface area contributed by atoms with E-state index in [1.54, 1.807) is 18.3 Å². The van der Waals surface area contributed by atoms with Crippen LogP contribution in [0.25, 0.3) is 0 Å². The second-order valence-corrected chi connectivity index (χ2v) is 5.99. The third-order valence-corrected chi connectivity index (χ3v) is 3.90. The van der Waals surface area contributed by atoms with Crippen LogP contribution in [0.3, 0.4) is 0 Å². The van der Waals surface area contributed by atoms with E-state index in [1.165, 1.54) is 17.7 Å². The first-order valence-electron chi connectivity index (χ1n) is 7.99. The lowest BCUT2D eigenvalue weighted by Gasteiger charge is -2.09. The van der Waals surface area contributed by atoms with Crippen molar-refractivity contribution < 1.29 is 4.39 Å². The van der Waals surface area contributed by atoms with Crippen LogP contribution >= 0.6 is 11.6 Å². The molecular formula is C19H18ClFN4. The van der Waals surface area contributed by atoms with E-state index in [0.29, 0.717) is 12.5 Å². The van der Waals surface area contributed by atoms with Gasteiger partial charge in [-0.3, -0.25) is 0 Å². The second-order valence-electron chi connectivity index (χ2n) is 5.55. The Kier molecular flexibility index (Phi) is 5.80. The van der Waals surface area contributed by atoms with Gasteiger partial charge in [0.2, 0.25) is 5.95 Å². The van der Waals surface area contributed by atoms with Crippen molar-refractivity contribution in [2.45, 2.75) is 13.0 Å². The maximum absolute atomic E-state index is 12.9. The number of anilines is 2.